The van der Waals surface area contributed by atoms with E-state index in [4.69, 9.17) is 21.1 Å². The molecule has 0 aliphatic heterocycles. The molecule has 1 aromatic rings. The van der Waals surface area contributed by atoms with Gasteiger partial charge in [0.05, 0.1) is 13.2 Å². The Morgan fingerprint density at radius 1 is 1.27 bits per heavy atom. The first kappa shape index (κ1) is 11.9. The molecule has 0 unspecified atom stereocenters. The van der Waals surface area contributed by atoms with Crippen molar-refractivity contribution in [3.05, 3.63) is 29.3 Å². The van der Waals surface area contributed by atoms with Crippen LogP contribution in [0.3, 0.4) is 0 Å². The van der Waals surface area contributed by atoms with Crippen molar-refractivity contribution in [1.29, 1.82) is 0 Å². The van der Waals surface area contributed by atoms with Gasteiger partial charge in [-0.2, -0.15) is 0 Å². The largest absolute Gasteiger partial charge is 0.493 e. The lowest BCUT2D eigenvalue weighted by Crippen LogP contribution is -2.05. The quantitative estimate of drug-likeness (QED) is 0.574. The van der Waals surface area contributed by atoms with Crippen LogP contribution in [0.2, 0.25) is 5.02 Å². The summed E-state index contributed by atoms with van der Waals surface area (Å²) >= 11 is 5.72. The van der Waals surface area contributed by atoms with Gasteiger partial charge in [-0.05, 0) is 24.3 Å². The summed E-state index contributed by atoms with van der Waals surface area (Å²) in [6.45, 7) is 2.30. The van der Waals surface area contributed by atoms with E-state index in [0.29, 0.717) is 24.7 Å². The minimum Gasteiger partial charge on any atom is -0.493 e. The van der Waals surface area contributed by atoms with Crippen molar-refractivity contribution in [2.75, 3.05) is 13.2 Å². The molecule has 0 radical (unpaired) electrons. The fourth-order valence-electron chi connectivity index (χ4n) is 0.996. The number of esters is 1. The minimum absolute atomic E-state index is 0.263. The van der Waals surface area contributed by atoms with Gasteiger partial charge in [-0.1, -0.05) is 11.6 Å². The molecule has 1 aromatic carbocycles. The molecule has 15 heavy (non-hydrogen) atoms. The Labute approximate surface area is 93.9 Å². The van der Waals surface area contributed by atoms with Crippen LogP contribution in [-0.2, 0) is 9.53 Å². The lowest BCUT2D eigenvalue weighted by molar-refractivity contribution is -0.141. The number of hydrogen-bond donors (Lipinski definition) is 0. The fraction of sp³-hybridized carbons (Fsp3) is 0.364. The number of hydrogen-bond acceptors (Lipinski definition) is 3. The van der Waals surface area contributed by atoms with Gasteiger partial charge in [0, 0.05) is 18.4 Å². The summed E-state index contributed by atoms with van der Waals surface area (Å²) in [4.78, 5) is 10.4. The fourth-order valence-corrected chi connectivity index (χ4v) is 1.12. The Kier molecular flexibility index (Phi) is 4.98. The third kappa shape index (κ3) is 5.27. The highest BCUT2D eigenvalue weighted by molar-refractivity contribution is 6.30. The van der Waals surface area contributed by atoms with Crippen molar-refractivity contribution in [3.8, 4) is 5.75 Å². The van der Waals surface area contributed by atoms with E-state index in [2.05, 4.69) is 0 Å². The van der Waals surface area contributed by atoms with Gasteiger partial charge >= 0.3 is 5.97 Å². The van der Waals surface area contributed by atoms with Crippen LogP contribution in [0.15, 0.2) is 24.3 Å². The summed E-state index contributed by atoms with van der Waals surface area (Å²) < 4.78 is 10.2. The second-order valence-electron chi connectivity index (χ2n) is 3.00. The van der Waals surface area contributed by atoms with Gasteiger partial charge < -0.3 is 9.47 Å². The SMILES string of the molecule is CC(=O)OCCCOc1ccc(Cl)cc1. The van der Waals surface area contributed by atoms with E-state index >= 15 is 0 Å². The second kappa shape index (κ2) is 6.30. The summed E-state index contributed by atoms with van der Waals surface area (Å²) in [5, 5.41) is 0.683. The van der Waals surface area contributed by atoms with Crippen molar-refractivity contribution in [2.24, 2.45) is 0 Å². The Morgan fingerprint density at radius 2 is 1.93 bits per heavy atom. The van der Waals surface area contributed by atoms with Crippen LogP contribution in [-0.4, -0.2) is 19.2 Å². The first-order valence-corrected chi connectivity index (χ1v) is 5.08. The molecule has 1 rings (SSSR count). The molecule has 3 nitrogen and oxygen atoms in total. The molecule has 0 amide bonds. The van der Waals surface area contributed by atoms with Crippen molar-refractivity contribution in [1.82, 2.24) is 0 Å². The minimum atomic E-state index is -0.263. The van der Waals surface area contributed by atoms with Crippen molar-refractivity contribution < 1.29 is 14.3 Å². The number of carbonyl (C=O) groups excluding carboxylic acids is 1. The average Bonchev–Trinajstić information content (AvgIpc) is 2.20. The van der Waals surface area contributed by atoms with Crippen molar-refractivity contribution >= 4 is 17.6 Å². The molecule has 0 saturated carbocycles. The zero-order valence-corrected chi connectivity index (χ0v) is 9.29. The zero-order chi connectivity index (χ0) is 11.1. The number of rotatable bonds is 5. The predicted molar refractivity (Wildman–Crippen MR) is 58.2 cm³/mol. The number of ether oxygens (including phenoxy) is 2. The van der Waals surface area contributed by atoms with Gasteiger partial charge in [0.2, 0.25) is 0 Å². The lowest BCUT2D eigenvalue weighted by Gasteiger charge is -2.05. The van der Waals surface area contributed by atoms with Crippen LogP contribution < -0.4 is 4.74 Å². The predicted octanol–water partition coefficient (Wildman–Crippen LogP) is 2.67. The Bertz CT molecular complexity index is 308. The van der Waals surface area contributed by atoms with Gasteiger partial charge in [0.15, 0.2) is 0 Å². The Morgan fingerprint density at radius 3 is 2.53 bits per heavy atom. The van der Waals surface area contributed by atoms with E-state index in [1.165, 1.54) is 6.92 Å². The third-order valence-electron chi connectivity index (χ3n) is 1.68. The van der Waals surface area contributed by atoms with Gasteiger partial charge in [0.1, 0.15) is 5.75 Å². The molecule has 0 fully saturated rings. The summed E-state index contributed by atoms with van der Waals surface area (Å²) in [5.41, 5.74) is 0. The van der Waals surface area contributed by atoms with E-state index in [9.17, 15) is 4.79 Å². The van der Waals surface area contributed by atoms with E-state index in [1.807, 2.05) is 0 Å². The van der Waals surface area contributed by atoms with E-state index in [0.717, 1.165) is 5.75 Å². The molecular weight excluding hydrogens is 216 g/mol. The van der Waals surface area contributed by atoms with Crippen LogP contribution in [0.4, 0.5) is 0 Å². The van der Waals surface area contributed by atoms with E-state index in [-0.39, 0.29) is 5.97 Å². The molecule has 0 bridgehead atoms. The van der Waals surface area contributed by atoms with Crippen LogP contribution in [0.1, 0.15) is 13.3 Å². The molecule has 82 valence electrons. The maximum Gasteiger partial charge on any atom is 0.302 e. The Balaban J connectivity index is 2.15. The highest BCUT2D eigenvalue weighted by atomic mass is 35.5. The lowest BCUT2D eigenvalue weighted by atomic mass is 10.3. The molecule has 0 spiro atoms. The molecule has 0 N–H and O–H groups in total. The smallest absolute Gasteiger partial charge is 0.302 e. The van der Waals surface area contributed by atoms with Crippen LogP contribution in [0, 0.1) is 0 Å². The molecular formula is C11H13ClO3. The summed E-state index contributed by atoms with van der Waals surface area (Å²) in [5.74, 6) is 0.503. The molecule has 0 heterocycles. The van der Waals surface area contributed by atoms with Crippen LogP contribution in [0.25, 0.3) is 0 Å². The van der Waals surface area contributed by atoms with E-state index < -0.39 is 0 Å². The standard InChI is InChI=1S/C11H13ClO3/c1-9(13)14-7-2-8-15-11-5-3-10(12)4-6-11/h3-6H,2,7-8H2,1H3. The molecule has 4 heteroatoms. The number of benzene rings is 1. The zero-order valence-electron chi connectivity index (χ0n) is 8.53. The van der Waals surface area contributed by atoms with Crippen molar-refractivity contribution in [2.45, 2.75) is 13.3 Å². The third-order valence-corrected chi connectivity index (χ3v) is 1.93. The molecule has 0 aromatic heterocycles. The van der Waals surface area contributed by atoms with Gasteiger partial charge in [-0.3, -0.25) is 4.79 Å². The molecule has 0 aliphatic carbocycles. The highest BCUT2D eigenvalue weighted by Crippen LogP contribution is 2.15. The molecule has 0 atom stereocenters. The van der Waals surface area contributed by atoms with Crippen molar-refractivity contribution in [3.63, 3.8) is 0 Å². The first-order valence-electron chi connectivity index (χ1n) is 4.70. The summed E-state index contributed by atoms with van der Waals surface area (Å²) in [6.07, 6.45) is 0.683. The van der Waals surface area contributed by atoms with Crippen LogP contribution >= 0.6 is 11.6 Å². The monoisotopic (exact) mass is 228 g/mol. The number of carbonyl (C=O) groups is 1. The average molecular weight is 229 g/mol. The molecule has 0 saturated heterocycles. The van der Waals surface area contributed by atoms with Gasteiger partial charge in [-0.25, -0.2) is 0 Å². The maximum absolute atomic E-state index is 10.4. The highest BCUT2D eigenvalue weighted by Gasteiger charge is 1.95. The Hall–Kier alpha value is -1.22. The molecule has 0 aliphatic rings. The second-order valence-corrected chi connectivity index (χ2v) is 3.43. The van der Waals surface area contributed by atoms with Gasteiger partial charge in [-0.15, -0.1) is 0 Å². The van der Waals surface area contributed by atoms with E-state index in [1.54, 1.807) is 24.3 Å². The maximum atomic E-state index is 10.4. The normalized spacial score (nSPS) is 9.73. The van der Waals surface area contributed by atoms with Gasteiger partial charge in [0.25, 0.3) is 0 Å². The summed E-state index contributed by atoms with van der Waals surface area (Å²) in [6, 6.07) is 7.13. The number of halogens is 1. The topological polar surface area (TPSA) is 35.5 Å². The summed E-state index contributed by atoms with van der Waals surface area (Å²) in [7, 11) is 0. The first-order chi connectivity index (χ1) is 7.18. The van der Waals surface area contributed by atoms with Crippen LogP contribution in [0.5, 0.6) is 5.75 Å².